The summed E-state index contributed by atoms with van der Waals surface area (Å²) in [7, 11) is 0. The van der Waals surface area contributed by atoms with Gasteiger partial charge in [-0.2, -0.15) is 0 Å². The molecule has 3 aromatic rings. The van der Waals surface area contributed by atoms with Gasteiger partial charge in [-0.15, -0.1) is 0 Å². The third-order valence-corrected chi connectivity index (χ3v) is 5.90. The summed E-state index contributed by atoms with van der Waals surface area (Å²) < 4.78 is 17.5. The van der Waals surface area contributed by atoms with Gasteiger partial charge >= 0.3 is 0 Å². The Balaban J connectivity index is 1.24. The van der Waals surface area contributed by atoms with E-state index in [9.17, 15) is 4.79 Å². The first-order valence-electron chi connectivity index (χ1n) is 12.5. The van der Waals surface area contributed by atoms with Crippen molar-refractivity contribution in [3.05, 3.63) is 90.0 Å². The smallest absolute Gasteiger partial charge is 0.262 e. The minimum atomic E-state index is -0.219. The standard InChI is InChI=1S/C29H35N3O4/c1-2-34-28-17-24(13-14-27(28)36-22-29(33)31-25-11-7-4-8-12-25)18-30-19-26-21-32(15-16-35-26)20-23-9-5-3-6-10-23/h3-14,17,26,30H,2,15-16,18-22H2,1H3,(H,31,33). The second-order valence-corrected chi connectivity index (χ2v) is 8.76. The van der Waals surface area contributed by atoms with Crippen molar-refractivity contribution in [1.82, 2.24) is 10.2 Å². The van der Waals surface area contributed by atoms with Crippen molar-refractivity contribution in [3.63, 3.8) is 0 Å². The van der Waals surface area contributed by atoms with Crippen molar-refractivity contribution in [2.45, 2.75) is 26.1 Å². The molecule has 1 amide bonds. The minimum Gasteiger partial charge on any atom is -0.490 e. The Hall–Kier alpha value is -3.39. The third-order valence-electron chi connectivity index (χ3n) is 5.90. The number of hydrogen-bond donors (Lipinski definition) is 2. The first-order valence-corrected chi connectivity index (χ1v) is 12.5. The van der Waals surface area contributed by atoms with E-state index < -0.39 is 0 Å². The molecule has 0 radical (unpaired) electrons. The van der Waals surface area contributed by atoms with Gasteiger partial charge in [-0.3, -0.25) is 9.69 Å². The molecule has 0 spiro atoms. The highest BCUT2D eigenvalue weighted by molar-refractivity contribution is 5.91. The van der Waals surface area contributed by atoms with Crippen molar-refractivity contribution in [2.75, 3.05) is 44.8 Å². The molecule has 7 nitrogen and oxygen atoms in total. The Morgan fingerprint density at radius 3 is 2.53 bits per heavy atom. The first-order chi connectivity index (χ1) is 17.7. The van der Waals surface area contributed by atoms with Gasteiger partial charge in [0.2, 0.25) is 0 Å². The van der Waals surface area contributed by atoms with Gasteiger partial charge in [-0.25, -0.2) is 0 Å². The van der Waals surface area contributed by atoms with Gasteiger partial charge in [0.25, 0.3) is 5.91 Å². The van der Waals surface area contributed by atoms with Crippen molar-refractivity contribution in [3.8, 4) is 11.5 Å². The van der Waals surface area contributed by atoms with Crippen LogP contribution >= 0.6 is 0 Å². The summed E-state index contributed by atoms with van der Waals surface area (Å²) in [6, 6.07) is 25.7. The van der Waals surface area contributed by atoms with E-state index in [0.29, 0.717) is 24.7 Å². The van der Waals surface area contributed by atoms with Crippen LogP contribution in [0.1, 0.15) is 18.1 Å². The second kappa shape index (κ2) is 13.6. The van der Waals surface area contributed by atoms with E-state index in [1.165, 1.54) is 5.56 Å². The zero-order chi connectivity index (χ0) is 25.0. The maximum atomic E-state index is 12.2. The summed E-state index contributed by atoms with van der Waals surface area (Å²) in [5, 5.41) is 6.33. The molecule has 1 aliphatic heterocycles. The number of anilines is 1. The van der Waals surface area contributed by atoms with Crippen LogP contribution in [0.25, 0.3) is 0 Å². The number of ether oxygens (including phenoxy) is 3. The summed E-state index contributed by atoms with van der Waals surface area (Å²) in [6.07, 6.45) is 0.152. The number of nitrogens with zero attached hydrogens (tertiary/aromatic N) is 1. The number of carbonyl (C=O) groups excluding carboxylic acids is 1. The molecule has 1 fully saturated rings. The molecule has 2 N–H and O–H groups in total. The van der Waals surface area contributed by atoms with E-state index in [1.807, 2.05) is 61.5 Å². The van der Waals surface area contributed by atoms with Gasteiger partial charge in [0.05, 0.1) is 19.3 Å². The van der Waals surface area contributed by atoms with E-state index >= 15 is 0 Å². The molecule has 36 heavy (non-hydrogen) atoms. The van der Waals surface area contributed by atoms with Gasteiger partial charge in [0, 0.05) is 38.4 Å². The Labute approximate surface area is 213 Å². The third kappa shape index (κ3) is 8.09. The normalized spacial score (nSPS) is 15.9. The molecule has 4 rings (SSSR count). The average Bonchev–Trinajstić information content (AvgIpc) is 2.90. The van der Waals surface area contributed by atoms with Crippen LogP contribution in [0.15, 0.2) is 78.9 Å². The quantitative estimate of drug-likeness (QED) is 0.399. The fourth-order valence-electron chi connectivity index (χ4n) is 4.18. The lowest BCUT2D eigenvalue weighted by atomic mass is 10.1. The Morgan fingerprint density at radius 1 is 0.972 bits per heavy atom. The van der Waals surface area contributed by atoms with Crippen molar-refractivity contribution < 1.29 is 19.0 Å². The Bertz CT molecular complexity index is 1080. The van der Waals surface area contributed by atoms with Crippen LogP contribution < -0.4 is 20.1 Å². The SMILES string of the molecule is CCOc1cc(CNCC2CN(Cc3ccccc3)CCO2)ccc1OCC(=O)Nc1ccccc1. The highest BCUT2D eigenvalue weighted by atomic mass is 16.5. The average molecular weight is 490 g/mol. The number of morpholine rings is 1. The molecule has 7 heteroatoms. The lowest BCUT2D eigenvalue weighted by molar-refractivity contribution is -0.118. The van der Waals surface area contributed by atoms with E-state index in [0.717, 1.165) is 44.0 Å². The lowest BCUT2D eigenvalue weighted by Crippen LogP contribution is -2.46. The zero-order valence-corrected chi connectivity index (χ0v) is 20.8. The van der Waals surface area contributed by atoms with Gasteiger partial charge in [0.15, 0.2) is 18.1 Å². The monoisotopic (exact) mass is 489 g/mol. The molecule has 1 heterocycles. The predicted molar refractivity (Wildman–Crippen MR) is 141 cm³/mol. The molecule has 0 aromatic heterocycles. The molecule has 1 unspecified atom stereocenters. The minimum absolute atomic E-state index is 0.0922. The van der Waals surface area contributed by atoms with Crippen LogP contribution in [0.5, 0.6) is 11.5 Å². The van der Waals surface area contributed by atoms with Crippen LogP contribution in [0.4, 0.5) is 5.69 Å². The maximum absolute atomic E-state index is 12.2. The number of amides is 1. The van der Waals surface area contributed by atoms with Gasteiger partial charge in [-0.1, -0.05) is 54.6 Å². The highest BCUT2D eigenvalue weighted by Crippen LogP contribution is 2.28. The van der Waals surface area contributed by atoms with Crippen LogP contribution in [-0.4, -0.2) is 56.4 Å². The highest BCUT2D eigenvalue weighted by Gasteiger charge is 2.20. The van der Waals surface area contributed by atoms with Gasteiger partial charge in [-0.05, 0) is 42.3 Å². The van der Waals surface area contributed by atoms with Crippen LogP contribution in [0.3, 0.4) is 0 Å². The maximum Gasteiger partial charge on any atom is 0.262 e. The van der Waals surface area contributed by atoms with Gasteiger partial charge < -0.3 is 24.8 Å². The van der Waals surface area contributed by atoms with Crippen LogP contribution in [-0.2, 0) is 22.6 Å². The van der Waals surface area contributed by atoms with E-state index in [1.54, 1.807) is 0 Å². The van der Waals surface area contributed by atoms with Crippen LogP contribution in [0, 0.1) is 0 Å². The fourth-order valence-corrected chi connectivity index (χ4v) is 4.18. The molecule has 190 valence electrons. The number of carbonyl (C=O) groups is 1. The number of para-hydroxylation sites is 1. The van der Waals surface area contributed by atoms with E-state index in [2.05, 4.69) is 39.8 Å². The number of benzene rings is 3. The molecule has 0 aliphatic carbocycles. The lowest BCUT2D eigenvalue weighted by Gasteiger charge is -2.33. The molecular weight excluding hydrogens is 454 g/mol. The molecule has 0 saturated carbocycles. The fraction of sp³-hybridized carbons (Fsp3) is 0.345. The molecular formula is C29H35N3O4. The molecule has 1 atom stereocenters. The summed E-state index contributed by atoms with van der Waals surface area (Å²) in [5.41, 5.74) is 3.15. The van der Waals surface area contributed by atoms with Crippen LogP contribution in [0.2, 0.25) is 0 Å². The molecule has 1 aliphatic rings. The van der Waals surface area contributed by atoms with Crippen molar-refractivity contribution >= 4 is 11.6 Å². The Morgan fingerprint density at radius 2 is 1.75 bits per heavy atom. The topological polar surface area (TPSA) is 72.1 Å². The number of nitrogens with one attached hydrogen (secondary N) is 2. The first kappa shape index (κ1) is 25.7. The largest absolute Gasteiger partial charge is 0.490 e. The number of rotatable bonds is 12. The zero-order valence-electron chi connectivity index (χ0n) is 20.8. The van der Waals surface area contributed by atoms with Gasteiger partial charge in [0.1, 0.15) is 0 Å². The van der Waals surface area contributed by atoms with E-state index in [-0.39, 0.29) is 18.6 Å². The summed E-state index contributed by atoms with van der Waals surface area (Å²) in [5.74, 6) is 0.964. The molecule has 3 aromatic carbocycles. The summed E-state index contributed by atoms with van der Waals surface area (Å²) >= 11 is 0. The number of hydrogen-bond acceptors (Lipinski definition) is 6. The van der Waals surface area contributed by atoms with E-state index in [4.69, 9.17) is 14.2 Å². The second-order valence-electron chi connectivity index (χ2n) is 8.76. The van der Waals surface area contributed by atoms with Crippen molar-refractivity contribution in [1.29, 1.82) is 0 Å². The summed E-state index contributed by atoms with van der Waals surface area (Å²) in [6.45, 7) is 7.36. The Kier molecular flexibility index (Phi) is 9.73. The van der Waals surface area contributed by atoms with Crippen molar-refractivity contribution in [2.24, 2.45) is 0 Å². The molecule has 1 saturated heterocycles. The predicted octanol–water partition coefficient (Wildman–Crippen LogP) is 4.09. The summed E-state index contributed by atoms with van der Waals surface area (Å²) in [4.78, 5) is 14.7. The molecule has 0 bridgehead atoms.